The third-order valence-corrected chi connectivity index (χ3v) is 3.95. The molecule has 0 saturated heterocycles. The van der Waals surface area contributed by atoms with E-state index in [0.29, 0.717) is 12.3 Å². The second-order valence-electron chi connectivity index (χ2n) is 5.75. The molecule has 0 saturated carbocycles. The molecule has 116 valence electrons. The Labute approximate surface area is 133 Å². The van der Waals surface area contributed by atoms with Crippen molar-refractivity contribution in [3.63, 3.8) is 0 Å². The van der Waals surface area contributed by atoms with Crippen LogP contribution >= 0.6 is 0 Å². The van der Waals surface area contributed by atoms with Crippen LogP contribution in [-0.4, -0.2) is 40.6 Å². The SMILES string of the molecule is C#CCN(CCN1C=CC=C(O)C1C)Cc1cccc(C)c1. The van der Waals surface area contributed by atoms with Crippen LogP contribution in [0.2, 0.25) is 0 Å². The number of aliphatic hydroxyl groups is 1. The largest absolute Gasteiger partial charge is 0.510 e. The molecule has 1 N–H and O–H groups in total. The van der Waals surface area contributed by atoms with Crippen LogP contribution in [0.15, 0.2) is 48.4 Å². The minimum absolute atomic E-state index is 0.0247. The molecule has 1 unspecified atom stereocenters. The number of aliphatic hydroxyl groups excluding tert-OH is 1. The second kappa shape index (κ2) is 7.72. The van der Waals surface area contributed by atoms with Gasteiger partial charge in [0.15, 0.2) is 0 Å². The molecule has 1 aromatic carbocycles. The van der Waals surface area contributed by atoms with Gasteiger partial charge in [-0.15, -0.1) is 6.42 Å². The molecule has 0 spiro atoms. The average Bonchev–Trinajstić information content (AvgIpc) is 2.49. The zero-order valence-electron chi connectivity index (χ0n) is 13.4. The number of hydrogen-bond acceptors (Lipinski definition) is 3. The molecule has 1 heterocycles. The van der Waals surface area contributed by atoms with E-state index in [9.17, 15) is 5.11 Å². The van der Waals surface area contributed by atoms with Crippen molar-refractivity contribution in [2.75, 3.05) is 19.6 Å². The van der Waals surface area contributed by atoms with E-state index in [1.54, 1.807) is 6.08 Å². The summed E-state index contributed by atoms with van der Waals surface area (Å²) in [5.41, 5.74) is 2.54. The van der Waals surface area contributed by atoms with Gasteiger partial charge < -0.3 is 10.0 Å². The lowest BCUT2D eigenvalue weighted by molar-refractivity contribution is 0.202. The summed E-state index contributed by atoms with van der Waals surface area (Å²) in [4.78, 5) is 4.39. The molecule has 3 nitrogen and oxygen atoms in total. The monoisotopic (exact) mass is 296 g/mol. The van der Waals surface area contributed by atoms with E-state index in [1.807, 2.05) is 19.2 Å². The summed E-state index contributed by atoms with van der Waals surface area (Å²) >= 11 is 0. The first-order chi connectivity index (χ1) is 10.6. The molecule has 0 bridgehead atoms. The van der Waals surface area contributed by atoms with Crippen molar-refractivity contribution < 1.29 is 5.11 Å². The van der Waals surface area contributed by atoms with Crippen LogP contribution in [-0.2, 0) is 6.54 Å². The molecule has 1 atom stereocenters. The van der Waals surface area contributed by atoms with Crippen LogP contribution in [0.25, 0.3) is 0 Å². The van der Waals surface area contributed by atoms with E-state index >= 15 is 0 Å². The third kappa shape index (κ3) is 4.41. The Balaban J connectivity index is 1.93. The van der Waals surface area contributed by atoms with Crippen LogP contribution in [0.3, 0.4) is 0 Å². The number of nitrogens with zero attached hydrogens (tertiary/aromatic N) is 2. The van der Waals surface area contributed by atoms with Crippen molar-refractivity contribution in [1.82, 2.24) is 9.80 Å². The van der Waals surface area contributed by atoms with Crippen molar-refractivity contribution in [2.24, 2.45) is 0 Å². The highest BCUT2D eigenvalue weighted by atomic mass is 16.3. The molecular formula is C19H24N2O. The first-order valence-electron chi connectivity index (χ1n) is 7.64. The first kappa shape index (κ1) is 16.2. The van der Waals surface area contributed by atoms with Gasteiger partial charge in [-0.3, -0.25) is 4.90 Å². The minimum atomic E-state index is 0.0247. The number of rotatable bonds is 6. The quantitative estimate of drug-likeness (QED) is 0.817. The van der Waals surface area contributed by atoms with Crippen molar-refractivity contribution in [2.45, 2.75) is 26.4 Å². The molecule has 0 fully saturated rings. The van der Waals surface area contributed by atoms with Crippen LogP contribution in [0.1, 0.15) is 18.1 Å². The minimum Gasteiger partial charge on any atom is -0.510 e. The third-order valence-electron chi connectivity index (χ3n) is 3.95. The van der Waals surface area contributed by atoms with E-state index in [0.717, 1.165) is 19.6 Å². The summed E-state index contributed by atoms with van der Waals surface area (Å²) < 4.78 is 0. The normalized spacial score (nSPS) is 17.5. The van der Waals surface area contributed by atoms with Crippen LogP contribution in [0.5, 0.6) is 0 Å². The van der Waals surface area contributed by atoms with E-state index in [2.05, 4.69) is 46.9 Å². The van der Waals surface area contributed by atoms with E-state index in [1.165, 1.54) is 11.1 Å². The molecule has 1 aromatic rings. The number of terminal acetylenes is 1. The number of hydrogen-bond donors (Lipinski definition) is 1. The fourth-order valence-electron chi connectivity index (χ4n) is 2.63. The topological polar surface area (TPSA) is 26.7 Å². The summed E-state index contributed by atoms with van der Waals surface area (Å²) in [6.45, 7) is 7.27. The van der Waals surface area contributed by atoms with E-state index in [4.69, 9.17) is 6.42 Å². The summed E-state index contributed by atoms with van der Waals surface area (Å²) in [6, 6.07) is 8.54. The lowest BCUT2D eigenvalue weighted by atomic mass is 10.1. The zero-order valence-corrected chi connectivity index (χ0v) is 13.4. The maximum atomic E-state index is 9.80. The van der Waals surface area contributed by atoms with Crippen molar-refractivity contribution >= 4 is 0 Å². The van der Waals surface area contributed by atoms with Gasteiger partial charge in [0.1, 0.15) is 5.76 Å². The second-order valence-corrected chi connectivity index (χ2v) is 5.75. The average molecular weight is 296 g/mol. The van der Waals surface area contributed by atoms with Gasteiger partial charge in [0.05, 0.1) is 12.6 Å². The standard InChI is InChI=1S/C19H24N2O/c1-4-10-20(15-18-8-5-7-16(2)14-18)12-13-21-11-6-9-19(22)17(21)3/h1,5-9,11,14,17,22H,10,12-13,15H2,2-3H3. The molecule has 1 aliphatic rings. The summed E-state index contributed by atoms with van der Waals surface area (Å²) in [6.07, 6.45) is 11.1. The van der Waals surface area contributed by atoms with Crippen LogP contribution in [0.4, 0.5) is 0 Å². The van der Waals surface area contributed by atoms with Gasteiger partial charge in [-0.1, -0.05) is 35.7 Å². The van der Waals surface area contributed by atoms with E-state index in [-0.39, 0.29) is 6.04 Å². The van der Waals surface area contributed by atoms with Crippen molar-refractivity contribution in [3.05, 3.63) is 59.5 Å². The Morgan fingerprint density at radius 2 is 2.23 bits per heavy atom. The first-order valence-corrected chi connectivity index (χ1v) is 7.64. The number of benzene rings is 1. The molecule has 0 amide bonds. The van der Waals surface area contributed by atoms with Gasteiger partial charge in [0.2, 0.25) is 0 Å². The fraction of sp³-hybridized carbons (Fsp3) is 0.368. The predicted octanol–water partition coefficient (Wildman–Crippen LogP) is 3.09. The Hall–Kier alpha value is -2.18. The van der Waals surface area contributed by atoms with E-state index < -0.39 is 0 Å². The Kier molecular flexibility index (Phi) is 5.68. The molecule has 1 aliphatic heterocycles. The highest BCUT2D eigenvalue weighted by Gasteiger charge is 2.17. The van der Waals surface area contributed by atoms with Crippen LogP contribution in [0, 0.1) is 19.3 Å². The lowest BCUT2D eigenvalue weighted by Crippen LogP contribution is -2.38. The Bertz CT molecular complexity index is 598. The summed E-state index contributed by atoms with van der Waals surface area (Å²) in [5.74, 6) is 3.15. The molecule has 0 radical (unpaired) electrons. The van der Waals surface area contributed by atoms with Gasteiger partial charge in [0, 0.05) is 19.6 Å². The summed E-state index contributed by atoms with van der Waals surface area (Å²) in [7, 11) is 0. The lowest BCUT2D eigenvalue weighted by Gasteiger charge is -2.31. The van der Waals surface area contributed by atoms with Crippen LogP contribution < -0.4 is 0 Å². The fourth-order valence-corrected chi connectivity index (χ4v) is 2.63. The van der Waals surface area contributed by atoms with Gasteiger partial charge in [0.25, 0.3) is 0 Å². The highest BCUT2D eigenvalue weighted by molar-refractivity contribution is 5.22. The van der Waals surface area contributed by atoms with Gasteiger partial charge >= 0.3 is 0 Å². The maximum Gasteiger partial charge on any atom is 0.114 e. The predicted molar refractivity (Wildman–Crippen MR) is 91.3 cm³/mol. The maximum absolute atomic E-state index is 9.80. The zero-order chi connectivity index (χ0) is 15.9. The molecule has 3 heteroatoms. The number of aryl methyl sites for hydroxylation is 1. The molecule has 0 aromatic heterocycles. The van der Waals surface area contributed by atoms with Crippen molar-refractivity contribution in [3.8, 4) is 12.3 Å². The smallest absolute Gasteiger partial charge is 0.114 e. The molecule has 2 rings (SSSR count). The van der Waals surface area contributed by atoms with Gasteiger partial charge in [-0.25, -0.2) is 0 Å². The highest BCUT2D eigenvalue weighted by Crippen LogP contribution is 2.14. The Morgan fingerprint density at radius 3 is 2.95 bits per heavy atom. The number of allylic oxidation sites excluding steroid dienone is 2. The van der Waals surface area contributed by atoms with Gasteiger partial charge in [-0.05, 0) is 37.8 Å². The van der Waals surface area contributed by atoms with Crippen molar-refractivity contribution in [1.29, 1.82) is 0 Å². The molecule has 22 heavy (non-hydrogen) atoms. The van der Waals surface area contributed by atoms with Gasteiger partial charge in [-0.2, -0.15) is 0 Å². The summed E-state index contributed by atoms with van der Waals surface area (Å²) in [5, 5.41) is 9.80. The Morgan fingerprint density at radius 1 is 1.41 bits per heavy atom. The molecular weight excluding hydrogens is 272 g/mol. The molecule has 0 aliphatic carbocycles.